The van der Waals surface area contributed by atoms with Crippen molar-refractivity contribution in [1.29, 1.82) is 0 Å². The molecule has 0 aromatic carbocycles. The molecule has 92 valence electrons. The van der Waals surface area contributed by atoms with Gasteiger partial charge in [0.25, 0.3) is 0 Å². The summed E-state index contributed by atoms with van der Waals surface area (Å²) >= 11 is 0. The van der Waals surface area contributed by atoms with Crippen molar-refractivity contribution >= 4 is 12.0 Å². The molecular formula is C11H20N2O3. The van der Waals surface area contributed by atoms with Crippen molar-refractivity contribution in [3.05, 3.63) is 12.2 Å². The zero-order valence-corrected chi connectivity index (χ0v) is 10.1. The van der Waals surface area contributed by atoms with Crippen molar-refractivity contribution in [2.45, 2.75) is 33.2 Å². The van der Waals surface area contributed by atoms with Crippen LogP contribution in [0.2, 0.25) is 0 Å². The minimum atomic E-state index is -1.01. The first kappa shape index (κ1) is 14.5. The predicted molar refractivity (Wildman–Crippen MR) is 62.3 cm³/mol. The van der Waals surface area contributed by atoms with Gasteiger partial charge >= 0.3 is 12.0 Å². The van der Waals surface area contributed by atoms with Crippen LogP contribution >= 0.6 is 0 Å². The van der Waals surface area contributed by atoms with Crippen molar-refractivity contribution in [3.63, 3.8) is 0 Å². The lowest BCUT2D eigenvalue weighted by atomic mass is 10.2. The zero-order valence-electron chi connectivity index (χ0n) is 10.1. The Morgan fingerprint density at radius 2 is 2.06 bits per heavy atom. The Balaban J connectivity index is 4.43. The van der Waals surface area contributed by atoms with Crippen molar-refractivity contribution in [1.82, 2.24) is 10.2 Å². The van der Waals surface area contributed by atoms with Crippen LogP contribution in [0.15, 0.2) is 12.2 Å². The van der Waals surface area contributed by atoms with Gasteiger partial charge in [-0.2, -0.15) is 0 Å². The SMILES string of the molecule is C=C(C)CNC(=O)N(CC(=O)O)C(C)CC. The summed E-state index contributed by atoms with van der Waals surface area (Å²) in [6.45, 7) is 9.28. The third-order valence-corrected chi connectivity index (χ3v) is 2.23. The van der Waals surface area contributed by atoms with Crippen LogP contribution in [0.3, 0.4) is 0 Å². The summed E-state index contributed by atoms with van der Waals surface area (Å²) in [4.78, 5) is 23.6. The number of carboxylic acid groups (broad SMARTS) is 1. The molecule has 16 heavy (non-hydrogen) atoms. The number of nitrogens with one attached hydrogen (secondary N) is 1. The first-order valence-electron chi connectivity index (χ1n) is 5.29. The number of aliphatic carboxylic acids is 1. The van der Waals surface area contributed by atoms with Crippen molar-refractivity contribution < 1.29 is 14.7 Å². The molecule has 2 N–H and O–H groups in total. The maximum Gasteiger partial charge on any atom is 0.323 e. The highest BCUT2D eigenvalue weighted by Gasteiger charge is 2.20. The lowest BCUT2D eigenvalue weighted by Gasteiger charge is -2.27. The fourth-order valence-corrected chi connectivity index (χ4v) is 1.12. The average molecular weight is 228 g/mol. The normalized spacial score (nSPS) is 11.7. The van der Waals surface area contributed by atoms with Crippen LogP contribution < -0.4 is 5.32 Å². The number of amides is 2. The molecule has 0 aromatic heterocycles. The molecule has 5 heteroatoms. The van der Waals surface area contributed by atoms with E-state index in [1.807, 2.05) is 13.8 Å². The molecule has 1 atom stereocenters. The Labute approximate surface area is 96.1 Å². The molecule has 0 heterocycles. The van der Waals surface area contributed by atoms with Gasteiger partial charge < -0.3 is 15.3 Å². The number of rotatable bonds is 6. The van der Waals surface area contributed by atoms with E-state index in [0.717, 1.165) is 5.57 Å². The van der Waals surface area contributed by atoms with Gasteiger partial charge in [0.2, 0.25) is 0 Å². The second kappa shape index (κ2) is 6.87. The van der Waals surface area contributed by atoms with Gasteiger partial charge in [0, 0.05) is 12.6 Å². The Morgan fingerprint density at radius 1 is 1.50 bits per heavy atom. The number of carboxylic acids is 1. The zero-order chi connectivity index (χ0) is 12.7. The fraction of sp³-hybridized carbons (Fsp3) is 0.636. The maximum atomic E-state index is 11.7. The van der Waals surface area contributed by atoms with Crippen LogP contribution in [0.25, 0.3) is 0 Å². The molecular weight excluding hydrogens is 208 g/mol. The molecule has 0 saturated heterocycles. The molecule has 0 saturated carbocycles. The van der Waals surface area contributed by atoms with Crippen LogP contribution in [0, 0.1) is 0 Å². The predicted octanol–water partition coefficient (Wildman–Crippen LogP) is 1.46. The summed E-state index contributed by atoms with van der Waals surface area (Å²) in [5.41, 5.74) is 0.827. The monoisotopic (exact) mass is 228 g/mol. The molecule has 0 fully saturated rings. The first-order chi connectivity index (χ1) is 7.38. The van der Waals surface area contributed by atoms with E-state index in [9.17, 15) is 9.59 Å². The Morgan fingerprint density at radius 3 is 2.44 bits per heavy atom. The molecule has 0 radical (unpaired) electrons. The summed E-state index contributed by atoms with van der Waals surface area (Å²) < 4.78 is 0. The van der Waals surface area contributed by atoms with Crippen molar-refractivity contribution in [2.24, 2.45) is 0 Å². The maximum absolute atomic E-state index is 11.7. The topological polar surface area (TPSA) is 69.6 Å². The minimum Gasteiger partial charge on any atom is -0.480 e. The summed E-state index contributed by atoms with van der Waals surface area (Å²) in [5, 5.41) is 11.3. The molecule has 5 nitrogen and oxygen atoms in total. The van der Waals surface area contributed by atoms with E-state index in [1.165, 1.54) is 4.90 Å². The fourth-order valence-electron chi connectivity index (χ4n) is 1.12. The third kappa shape index (κ3) is 5.38. The van der Waals surface area contributed by atoms with Gasteiger partial charge in [-0.1, -0.05) is 19.1 Å². The summed E-state index contributed by atoms with van der Waals surface area (Å²) in [6, 6.07) is -0.457. The molecule has 0 aliphatic rings. The van der Waals surface area contributed by atoms with Crippen LogP contribution in [0.1, 0.15) is 27.2 Å². The van der Waals surface area contributed by atoms with Crippen LogP contribution in [-0.4, -0.2) is 41.1 Å². The van der Waals surface area contributed by atoms with E-state index in [-0.39, 0.29) is 18.6 Å². The van der Waals surface area contributed by atoms with E-state index in [2.05, 4.69) is 11.9 Å². The van der Waals surface area contributed by atoms with E-state index < -0.39 is 5.97 Å². The standard InChI is InChI=1S/C11H20N2O3/c1-5-9(4)13(7-10(14)15)11(16)12-6-8(2)3/h9H,2,5-7H2,1,3-4H3,(H,12,16)(H,14,15). The molecule has 0 aliphatic carbocycles. The van der Waals surface area contributed by atoms with E-state index >= 15 is 0 Å². The van der Waals surface area contributed by atoms with E-state index in [4.69, 9.17) is 5.11 Å². The molecule has 1 unspecified atom stereocenters. The second-order valence-electron chi connectivity index (χ2n) is 3.89. The Bertz CT molecular complexity index is 276. The van der Waals surface area contributed by atoms with Crippen LogP contribution in [-0.2, 0) is 4.79 Å². The number of urea groups is 1. The number of carbonyl (C=O) groups excluding carboxylic acids is 1. The first-order valence-corrected chi connectivity index (χ1v) is 5.29. The second-order valence-corrected chi connectivity index (χ2v) is 3.89. The minimum absolute atomic E-state index is 0.0961. The Hall–Kier alpha value is -1.52. The molecule has 0 rings (SSSR count). The van der Waals surface area contributed by atoms with E-state index in [1.54, 1.807) is 6.92 Å². The molecule has 0 aliphatic heterocycles. The number of hydrogen-bond acceptors (Lipinski definition) is 2. The smallest absolute Gasteiger partial charge is 0.323 e. The Kier molecular flexibility index (Phi) is 6.22. The highest BCUT2D eigenvalue weighted by molar-refractivity contribution is 5.80. The lowest BCUT2D eigenvalue weighted by Crippen LogP contribution is -2.47. The number of carbonyl (C=O) groups is 2. The van der Waals surface area contributed by atoms with Gasteiger partial charge in [0.05, 0.1) is 0 Å². The summed E-state index contributed by atoms with van der Waals surface area (Å²) in [5.74, 6) is -1.01. The number of nitrogens with zero attached hydrogens (tertiary/aromatic N) is 1. The molecule has 0 aromatic rings. The van der Waals surface area contributed by atoms with Gasteiger partial charge in [-0.25, -0.2) is 4.79 Å². The highest BCUT2D eigenvalue weighted by atomic mass is 16.4. The van der Waals surface area contributed by atoms with E-state index in [0.29, 0.717) is 13.0 Å². The average Bonchev–Trinajstić information content (AvgIpc) is 2.21. The van der Waals surface area contributed by atoms with Gasteiger partial charge in [-0.15, -0.1) is 0 Å². The number of hydrogen-bond donors (Lipinski definition) is 2. The summed E-state index contributed by atoms with van der Waals surface area (Å²) in [7, 11) is 0. The van der Waals surface area contributed by atoms with Gasteiger partial charge in [0.1, 0.15) is 6.54 Å². The third-order valence-electron chi connectivity index (χ3n) is 2.23. The van der Waals surface area contributed by atoms with Gasteiger partial charge in [0.15, 0.2) is 0 Å². The van der Waals surface area contributed by atoms with Crippen LogP contribution in [0.5, 0.6) is 0 Å². The highest BCUT2D eigenvalue weighted by Crippen LogP contribution is 2.03. The molecule has 0 spiro atoms. The lowest BCUT2D eigenvalue weighted by molar-refractivity contribution is -0.138. The van der Waals surface area contributed by atoms with Crippen LogP contribution in [0.4, 0.5) is 4.79 Å². The van der Waals surface area contributed by atoms with Gasteiger partial charge in [-0.3, -0.25) is 4.79 Å². The van der Waals surface area contributed by atoms with Gasteiger partial charge in [-0.05, 0) is 20.3 Å². The summed E-state index contributed by atoms with van der Waals surface area (Å²) in [6.07, 6.45) is 0.716. The largest absolute Gasteiger partial charge is 0.480 e. The molecule has 2 amide bonds. The molecule has 0 bridgehead atoms. The van der Waals surface area contributed by atoms with Crippen molar-refractivity contribution in [3.8, 4) is 0 Å². The quantitative estimate of drug-likeness (QED) is 0.676. The van der Waals surface area contributed by atoms with Crippen molar-refractivity contribution in [2.75, 3.05) is 13.1 Å².